The Kier molecular flexibility index (Phi) is 5.64. The summed E-state index contributed by atoms with van der Waals surface area (Å²) in [6.45, 7) is 6.44. The van der Waals surface area contributed by atoms with E-state index in [9.17, 15) is 4.79 Å². The first-order chi connectivity index (χ1) is 13.3. The van der Waals surface area contributed by atoms with Gasteiger partial charge in [0.1, 0.15) is 11.6 Å². The fourth-order valence-electron chi connectivity index (χ4n) is 2.69. The summed E-state index contributed by atoms with van der Waals surface area (Å²) < 4.78 is 5.15. The van der Waals surface area contributed by atoms with Gasteiger partial charge in [0.05, 0.1) is 19.0 Å². The van der Waals surface area contributed by atoms with E-state index >= 15 is 0 Å². The molecular formula is C23H25N3O2. The zero-order chi connectivity index (χ0) is 20.1. The molecule has 2 aromatic carbocycles. The van der Waals surface area contributed by atoms with Gasteiger partial charge in [-0.2, -0.15) is 0 Å². The lowest BCUT2D eigenvalue weighted by atomic mass is 9.87. The van der Waals surface area contributed by atoms with E-state index in [1.165, 1.54) is 5.56 Å². The second-order valence-corrected chi connectivity index (χ2v) is 7.57. The van der Waals surface area contributed by atoms with Crippen LogP contribution in [0.25, 0.3) is 0 Å². The molecule has 0 atom stereocenters. The van der Waals surface area contributed by atoms with Crippen molar-refractivity contribution in [3.05, 3.63) is 78.0 Å². The van der Waals surface area contributed by atoms with Crippen LogP contribution >= 0.6 is 0 Å². The first-order valence-electron chi connectivity index (χ1n) is 9.14. The van der Waals surface area contributed by atoms with Gasteiger partial charge in [0, 0.05) is 11.3 Å². The number of amides is 1. The van der Waals surface area contributed by atoms with Gasteiger partial charge in [-0.15, -0.1) is 0 Å². The minimum atomic E-state index is -0.155. The van der Waals surface area contributed by atoms with Crippen LogP contribution in [0.1, 0.15) is 36.7 Å². The number of benzene rings is 2. The molecule has 0 saturated carbocycles. The van der Waals surface area contributed by atoms with Gasteiger partial charge in [0.2, 0.25) is 0 Å². The minimum Gasteiger partial charge on any atom is -0.497 e. The number of pyridine rings is 1. The summed E-state index contributed by atoms with van der Waals surface area (Å²) >= 11 is 0. The van der Waals surface area contributed by atoms with E-state index in [0.717, 1.165) is 11.4 Å². The monoisotopic (exact) mass is 375 g/mol. The maximum Gasteiger partial charge on any atom is 0.255 e. The number of nitrogens with zero attached hydrogens (tertiary/aromatic N) is 1. The summed E-state index contributed by atoms with van der Waals surface area (Å²) in [6, 6.07) is 18.9. The highest BCUT2D eigenvalue weighted by atomic mass is 16.5. The molecule has 5 nitrogen and oxygen atoms in total. The van der Waals surface area contributed by atoms with E-state index in [1.807, 2.05) is 60.7 Å². The number of rotatable bonds is 5. The van der Waals surface area contributed by atoms with Gasteiger partial charge < -0.3 is 15.4 Å². The third-order valence-corrected chi connectivity index (χ3v) is 4.40. The number of methoxy groups -OCH3 is 1. The molecule has 0 fully saturated rings. The molecule has 2 N–H and O–H groups in total. The van der Waals surface area contributed by atoms with Gasteiger partial charge in [-0.05, 0) is 59.5 Å². The van der Waals surface area contributed by atoms with Gasteiger partial charge in [0.25, 0.3) is 5.91 Å². The van der Waals surface area contributed by atoms with Crippen molar-refractivity contribution in [3.63, 3.8) is 0 Å². The van der Waals surface area contributed by atoms with E-state index in [4.69, 9.17) is 4.74 Å². The first-order valence-corrected chi connectivity index (χ1v) is 9.14. The molecule has 5 heteroatoms. The third-order valence-electron chi connectivity index (χ3n) is 4.40. The Morgan fingerprint density at radius 2 is 1.54 bits per heavy atom. The van der Waals surface area contributed by atoms with Crippen LogP contribution in [0, 0.1) is 0 Å². The molecule has 3 rings (SSSR count). The normalized spacial score (nSPS) is 11.0. The van der Waals surface area contributed by atoms with Crippen molar-refractivity contribution in [2.75, 3.05) is 17.7 Å². The number of nitrogens with one attached hydrogen (secondary N) is 2. The minimum absolute atomic E-state index is 0.0612. The van der Waals surface area contributed by atoms with Crippen molar-refractivity contribution in [3.8, 4) is 5.75 Å². The molecule has 0 aliphatic carbocycles. The van der Waals surface area contributed by atoms with Crippen LogP contribution < -0.4 is 15.4 Å². The number of ether oxygens (including phenoxy) is 1. The number of hydrogen-bond acceptors (Lipinski definition) is 4. The highest BCUT2D eigenvalue weighted by molar-refractivity contribution is 6.04. The maximum atomic E-state index is 12.4. The predicted molar refractivity (Wildman–Crippen MR) is 114 cm³/mol. The van der Waals surface area contributed by atoms with Crippen LogP contribution in [0.3, 0.4) is 0 Å². The van der Waals surface area contributed by atoms with Crippen molar-refractivity contribution in [2.24, 2.45) is 0 Å². The van der Waals surface area contributed by atoms with Crippen LogP contribution in [0.5, 0.6) is 5.75 Å². The summed E-state index contributed by atoms with van der Waals surface area (Å²) in [7, 11) is 1.63. The molecule has 0 aliphatic heterocycles. The quantitative estimate of drug-likeness (QED) is 0.628. The molecule has 0 aliphatic rings. The van der Waals surface area contributed by atoms with E-state index < -0.39 is 0 Å². The molecule has 0 radical (unpaired) electrons. The number of carbonyl (C=O) groups is 1. The van der Waals surface area contributed by atoms with Gasteiger partial charge in [-0.3, -0.25) is 4.79 Å². The molecule has 0 bridgehead atoms. The zero-order valence-corrected chi connectivity index (χ0v) is 16.6. The smallest absolute Gasteiger partial charge is 0.255 e. The summed E-state index contributed by atoms with van der Waals surface area (Å²) in [5.74, 6) is 1.34. The van der Waals surface area contributed by atoms with E-state index in [1.54, 1.807) is 13.3 Å². The number of aromatic nitrogens is 1. The summed E-state index contributed by atoms with van der Waals surface area (Å²) in [5.41, 5.74) is 3.42. The molecule has 144 valence electrons. The summed E-state index contributed by atoms with van der Waals surface area (Å²) in [4.78, 5) is 16.8. The Morgan fingerprint density at radius 3 is 2.07 bits per heavy atom. The van der Waals surface area contributed by atoms with Crippen molar-refractivity contribution in [1.82, 2.24) is 4.98 Å². The molecule has 3 aromatic rings. The van der Waals surface area contributed by atoms with Crippen molar-refractivity contribution >= 4 is 23.1 Å². The Bertz CT molecular complexity index is 926. The zero-order valence-electron chi connectivity index (χ0n) is 16.6. The average molecular weight is 375 g/mol. The summed E-state index contributed by atoms with van der Waals surface area (Å²) in [5, 5.41) is 6.09. The van der Waals surface area contributed by atoms with Crippen LogP contribution in [-0.4, -0.2) is 18.0 Å². The molecular weight excluding hydrogens is 350 g/mol. The lowest BCUT2D eigenvalue weighted by Crippen LogP contribution is -2.14. The Morgan fingerprint density at radius 1 is 0.893 bits per heavy atom. The fraction of sp³-hybridized carbons (Fsp3) is 0.217. The average Bonchev–Trinajstić information content (AvgIpc) is 2.69. The Labute approximate surface area is 165 Å². The summed E-state index contributed by atoms with van der Waals surface area (Å²) in [6.07, 6.45) is 1.63. The number of hydrogen-bond donors (Lipinski definition) is 2. The highest BCUT2D eigenvalue weighted by Crippen LogP contribution is 2.23. The molecule has 0 unspecified atom stereocenters. The number of carbonyl (C=O) groups excluding carboxylic acids is 1. The third kappa shape index (κ3) is 4.88. The number of anilines is 3. The van der Waals surface area contributed by atoms with Gasteiger partial charge in [0.15, 0.2) is 0 Å². The molecule has 28 heavy (non-hydrogen) atoms. The first kappa shape index (κ1) is 19.4. The molecule has 1 amide bonds. The largest absolute Gasteiger partial charge is 0.497 e. The fourth-order valence-corrected chi connectivity index (χ4v) is 2.69. The van der Waals surface area contributed by atoms with Crippen molar-refractivity contribution in [1.29, 1.82) is 0 Å². The molecule has 0 saturated heterocycles. The topological polar surface area (TPSA) is 63.2 Å². The van der Waals surface area contributed by atoms with Gasteiger partial charge in [-0.1, -0.05) is 32.9 Å². The van der Waals surface area contributed by atoms with Gasteiger partial charge in [-0.25, -0.2) is 4.98 Å². The van der Waals surface area contributed by atoms with Crippen molar-refractivity contribution < 1.29 is 9.53 Å². The predicted octanol–water partition coefficient (Wildman–Crippen LogP) is 5.38. The Balaban J connectivity index is 1.62. The van der Waals surface area contributed by atoms with E-state index in [-0.39, 0.29) is 11.3 Å². The lowest BCUT2D eigenvalue weighted by molar-refractivity contribution is 0.102. The Hall–Kier alpha value is -3.34. The SMILES string of the molecule is COc1ccc(Nc2ccc(NC(=O)c3ccc(C(C)(C)C)cc3)cn2)cc1. The van der Waals surface area contributed by atoms with E-state index in [2.05, 4.69) is 36.4 Å². The molecule has 0 spiro atoms. The molecule has 1 aromatic heterocycles. The van der Waals surface area contributed by atoms with Crippen LogP contribution in [0.15, 0.2) is 66.9 Å². The second-order valence-electron chi connectivity index (χ2n) is 7.57. The van der Waals surface area contributed by atoms with Crippen LogP contribution in [-0.2, 0) is 5.41 Å². The standard InChI is InChI=1S/C23H25N3O2/c1-23(2,3)17-7-5-16(6-8-17)22(27)26-19-11-14-21(24-15-19)25-18-9-12-20(28-4)13-10-18/h5-15H,1-4H3,(H,24,25)(H,26,27). The van der Waals surface area contributed by atoms with Crippen LogP contribution in [0.2, 0.25) is 0 Å². The molecule has 1 heterocycles. The van der Waals surface area contributed by atoms with Gasteiger partial charge >= 0.3 is 0 Å². The van der Waals surface area contributed by atoms with E-state index in [0.29, 0.717) is 17.1 Å². The lowest BCUT2D eigenvalue weighted by Gasteiger charge is -2.19. The second kappa shape index (κ2) is 8.13. The maximum absolute atomic E-state index is 12.4. The van der Waals surface area contributed by atoms with Crippen LogP contribution in [0.4, 0.5) is 17.2 Å². The van der Waals surface area contributed by atoms with Crippen molar-refractivity contribution in [2.45, 2.75) is 26.2 Å². The highest BCUT2D eigenvalue weighted by Gasteiger charge is 2.14.